The zero-order valence-electron chi connectivity index (χ0n) is 6.80. The van der Waals surface area contributed by atoms with E-state index in [9.17, 15) is 13.2 Å². The van der Waals surface area contributed by atoms with Crippen LogP contribution in [0.2, 0.25) is 0 Å². The van der Waals surface area contributed by atoms with Crippen molar-refractivity contribution in [2.24, 2.45) is 0 Å². The van der Waals surface area contributed by atoms with Gasteiger partial charge in [0.15, 0.2) is 0 Å². The molecule has 0 amide bonds. The van der Waals surface area contributed by atoms with Crippen molar-refractivity contribution in [1.29, 1.82) is 0 Å². The lowest BCUT2D eigenvalue weighted by Crippen LogP contribution is -2.16. The highest BCUT2D eigenvalue weighted by Crippen LogP contribution is 2.25. The van der Waals surface area contributed by atoms with E-state index in [-0.39, 0.29) is 5.75 Å². The van der Waals surface area contributed by atoms with Crippen LogP contribution in [0.4, 0.5) is 18.9 Å². The molecule has 1 rings (SSSR count). The lowest BCUT2D eigenvalue weighted by molar-refractivity contribution is -0.274. The fraction of sp³-hybridized carbons (Fsp3) is 0.250. The molecule has 72 valence electrons. The van der Waals surface area contributed by atoms with Gasteiger partial charge in [0.2, 0.25) is 0 Å². The standard InChI is InChI=1S/C8H7F3NO/c1-12-6-2-4-7(5-3-6)13-8(9,10)11/h2-5H,1H3/q-1. The van der Waals surface area contributed by atoms with Crippen LogP contribution in [-0.4, -0.2) is 13.4 Å². The largest absolute Gasteiger partial charge is 0.687 e. The minimum atomic E-state index is -4.63. The van der Waals surface area contributed by atoms with Crippen LogP contribution in [0.5, 0.6) is 5.75 Å². The summed E-state index contributed by atoms with van der Waals surface area (Å²) in [5, 5.41) is 3.77. The predicted octanol–water partition coefficient (Wildman–Crippen LogP) is 3.22. The third-order valence-electron chi connectivity index (χ3n) is 1.33. The number of nitrogens with zero attached hydrogens (tertiary/aromatic N) is 1. The molecule has 0 atom stereocenters. The minimum Gasteiger partial charge on any atom is -0.687 e. The highest BCUT2D eigenvalue weighted by Gasteiger charge is 2.30. The van der Waals surface area contributed by atoms with Crippen LogP contribution in [0, 0.1) is 0 Å². The third kappa shape index (κ3) is 3.23. The Kier molecular flexibility index (Phi) is 2.65. The lowest BCUT2D eigenvalue weighted by atomic mass is 10.3. The zero-order chi connectivity index (χ0) is 9.90. The van der Waals surface area contributed by atoms with Crippen LogP contribution in [0.25, 0.3) is 5.32 Å². The molecule has 0 aromatic heterocycles. The van der Waals surface area contributed by atoms with Gasteiger partial charge >= 0.3 is 6.36 Å². The monoisotopic (exact) mass is 190 g/mol. The molecular weight excluding hydrogens is 183 g/mol. The number of hydrogen-bond acceptors (Lipinski definition) is 1. The van der Waals surface area contributed by atoms with Crippen molar-refractivity contribution in [2.75, 3.05) is 7.05 Å². The van der Waals surface area contributed by atoms with Gasteiger partial charge in [-0.05, 0) is 12.1 Å². The Balaban J connectivity index is 2.70. The van der Waals surface area contributed by atoms with Crippen molar-refractivity contribution in [3.05, 3.63) is 29.6 Å². The normalized spacial score (nSPS) is 11.1. The molecule has 0 aliphatic carbocycles. The van der Waals surface area contributed by atoms with Gasteiger partial charge in [-0.1, -0.05) is 12.1 Å². The summed E-state index contributed by atoms with van der Waals surface area (Å²) >= 11 is 0. The first-order valence-corrected chi connectivity index (χ1v) is 3.47. The van der Waals surface area contributed by atoms with Gasteiger partial charge < -0.3 is 10.1 Å². The van der Waals surface area contributed by atoms with E-state index >= 15 is 0 Å². The van der Waals surface area contributed by atoms with Gasteiger partial charge in [0.25, 0.3) is 0 Å². The van der Waals surface area contributed by atoms with Crippen LogP contribution in [0.15, 0.2) is 24.3 Å². The molecular formula is C8H7F3NO-. The van der Waals surface area contributed by atoms with Crippen LogP contribution >= 0.6 is 0 Å². The van der Waals surface area contributed by atoms with E-state index in [1.807, 2.05) is 0 Å². The quantitative estimate of drug-likeness (QED) is 0.702. The highest BCUT2D eigenvalue weighted by atomic mass is 19.4. The van der Waals surface area contributed by atoms with Crippen molar-refractivity contribution >= 4 is 5.69 Å². The molecule has 1 aromatic rings. The van der Waals surface area contributed by atoms with Gasteiger partial charge in [-0.25, -0.2) is 0 Å². The Labute approximate surface area is 73.3 Å². The van der Waals surface area contributed by atoms with Crippen molar-refractivity contribution in [3.63, 3.8) is 0 Å². The van der Waals surface area contributed by atoms with E-state index in [0.717, 1.165) is 0 Å². The molecule has 2 nitrogen and oxygen atoms in total. The molecule has 0 saturated carbocycles. The molecule has 1 aromatic carbocycles. The molecule has 13 heavy (non-hydrogen) atoms. The molecule has 0 saturated heterocycles. The van der Waals surface area contributed by atoms with E-state index in [2.05, 4.69) is 10.1 Å². The van der Waals surface area contributed by atoms with Crippen LogP contribution < -0.4 is 4.74 Å². The summed E-state index contributed by atoms with van der Waals surface area (Å²) in [7, 11) is 1.56. The molecule has 0 aliphatic rings. The topological polar surface area (TPSA) is 23.3 Å². The third-order valence-corrected chi connectivity index (χ3v) is 1.33. The van der Waals surface area contributed by atoms with E-state index in [1.165, 1.54) is 24.3 Å². The highest BCUT2D eigenvalue weighted by molar-refractivity contribution is 5.49. The van der Waals surface area contributed by atoms with Crippen molar-refractivity contribution in [2.45, 2.75) is 6.36 Å². The summed E-state index contributed by atoms with van der Waals surface area (Å²) in [5.74, 6) is -0.236. The second kappa shape index (κ2) is 3.55. The summed E-state index contributed by atoms with van der Waals surface area (Å²) in [4.78, 5) is 0. The maximum atomic E-state index is 11.7. The van der Waals surface area contributed by atoms with Gasteiger partial charge in [-0.15, -0.1) is 25.9 Å². The first-order chi connectivity index (χ1) is 6.01. The van der Waals surface area contributed by atoms with Crippen LogP contribution in [0.1, 0.15) is 0 Å². The Hall–Kier alpha value is -1.39. The van der Waals surface area contributed by atoms with Gasteiger partial charge in [0.05, 0.1) is 0 Å². The number of benzene rings is 1. The number of hydrogen-bond donors (Lipinski definition) is 0. The average molecular weight is 190 g/mol. The van der Waals surface area contributed by atoms with Crippen LogP contribution in [0.3, 0.4) is 0 Å². The zero-order valence-corrected chi connectivity index (χ0v) is 6.80. The summed E-state index contributed by atoms with van der Waals surface area (Å²) in [6, 6.07) is 5.33. The first-order valence-electron chi connectivity index (χ1n) is 3.47. The minimum absolute atomic E-state index is 0.236. The number of ether oxygens (including phenoxy) is 1. The van der Waals surface area contributed by atoms with Gasteiger partial charge in [-0.3, -0.25) is 0 Å². The fourth-order valence-corrected chi connectivity index (χ4v) is 0.797. The van der Waals surface area contributed by atoms with Crippen molar-refractivity contribution < 1.29 is 17.9 Å². The second-order valence-corrected chi connectivity index (χ2v) is 2.27. The second-order valence-electron chi connectivity index (χ2n) is 2.27. The van der Waals surface area contributed by atoms with E-state index in [0.29, 0.717) is 5.69 Å². The predicted molar refractivity (Wildman–Crippen MR) is 42.1 cm³/mol. The average Bonchev–Trinajstić information content (AvgIpc) is 2.03. The Morgan fingerprint density at radius 2 is 1.69 bits per heavy atom. The molecule has 0 radical (unpaired) electrons. The molecule has 0 aliphatic heterocycles. The molecule has 0 unspecified atom stereocenters. The van der Waals surface area contributed by atoms with E-state index in [4.69, 9.17) is 0 Å². The van der Waals surface area contributed by atoms with Crippen molar-refractivity contribution in [3.8, 4) is 5.75 Å². The molecule has 0 spiro atoms. The molecule has 0 heterocycles. The first kappa shape index (κ1) is 9.70. The summed E-state index contributed by atoms with van der Waals surface area (Å²) in [6.07, 6.45) is -4.63. The number of rotatable bonds is 2. The Bertz CT molecular complexity index is 268. The van der Waals surface area contributed by atoms with E-state index in [1.54, 1.807) is 7.05 Å². The maximum absolute atomic E-state index is 11.7. The number of halogens is 3. The molecule has 0 bridgehead atoms. The molecule has 0 N–H and O–H groups in total. The molecule has 0 fully saturated rings. The Morgan fingerprint density at radius 1 is 1.15 bits per heavy atom. The summed E-state index contributed by atoms with van der Waals surface area (Å²) < 4.78 is 38.7. The van der Waals surface area contributed by atoms with Crippen molar-refractivity contribution in [1.82, 2.24) is 0 Å². The van der Waals surface area contributed by atoms with Gasteiger partial charge in [0, 0.05) is 0 Å². The summed E-state index contributed by atoms with van der Waals surface area (Å²) in [6.45, 7) is 0. The lowest BCUT2D eigenvalue weighted by Gasteiger charge is -2.14. The maximum Gasteiger partial charge on any atom is 0.573 e. The van der Waals surface area contributed by atoms with Gasteiger partial charge in [-0.2, -0.15) is 0 Å². The summed E-state index contributed by atoms with van der Waals surface area (Å²) in [5.41, 5.74) is 0.606. The van der Waals surface area contributed by atoms with Crippen LogP contribution in [-0.2, 0) is 0 Å². The van der Waals surface area contributed by atoms with Gasteiger partial charge in [0.1, 0.15) is 5.75 Å². The number of alkyl halides is 3. The van der Waals surface area contributed by atoms with E-state index < -0.39 is 6.36 Å². The Morgan fingerprint density at radius 3 is 2.08 bits per heavy atom. The fourth-order valence-electron chi connectivity index (χ4n) is 0.797. The smallest absolute Gasteiger partial charge is 0.573 e. The molecule has 5 heteroatoms. The SMILES string of the molecule is C[N-]c1ccc(OC(F)(F)F)cc1.